The lowest BCUT2D eigenvalue weighted by molar-refractivity contribution is 0.601. The van der Waals surface area contributed by atoms with Crippen LogP contribution in [0.4, 0.5) is 0 Å². The van der Waals surface area contributed by atoms with Crippen LogP contribution in [0, 0.1) is 4.91 Å². The molecule has 1 aromatic rings. The Labute approximate surface area is 87.8 Å². The number of nitrogens with zero attached hydrogens (tertiary/aromatic N) is 2. The fourth-order valence-electron chi connectivity index (χ4n) is 0.566. The molecule has 0 bridgehead atoms. The van der Waals surface area contributed by atoms with Gasteiger partial charge in [0.15, 0.2) is 9.84 Å². The molecule has 1 heterocycles. The molecule has 0 saturated heterocycles. The van der Waals surface area contributed by atoms with Gasteiger partial charge < -0.3 is 0 Å². The van der Waals surface area contributed by atoms with Crippen LogP contribution in [0.3, 0.4) is 0 Å². The van der Waals surface area contributed by atoms with Crippen molar-refractivity contribution in [2.24, 2.45) is 11.1 Å². The van der Waals surface area contributed by atoms with E-state index in [0.717, 1.165) is 6.26 Å². The monoisotopic (exact) mass is 239 g/mol. The van der Waals surface area contributed by atoms with E-state index < -0.39 is 9.84 Å². The third kappa shape index (κ3) is 6.32. The zero-order chi connectivity index (χ0) is 10.3. The Morgan fingerprint density at radius 3 is 2.21 bits per heavy atom. The Morgan fingerprint density at radius 2 is 2.00 bits per heavy atom. The Hall–Kier alpha value is -1.21. The maximum absolute atomic E-state index is 10.8. The van der Waals surface area contributed by atoms with Gasteiger partial charge in [-0.05, 0) is 12.1 Å². The van der Waals surface area contributed by atoms with E-state index in [-0.39, 0.29) is 17.3 Å². The maximum Gasteiger partial charge on any atom is 0.177 e. The van der Waals surface area contributed by atoms with E-state index in [1.807, 2.05) is 0 Å². The maximum atomic E-state index is 10.8. The molecule has 0 atom stereocenters. The Balaban J connectivity index is 0. The molecule has 6 nitrogen and oxygen atoms in total. The van der Waals surface area contributed by atoms with Crippen LogP contribution in [-0.4, -0.2) is 19.7 Å². The molecule has 0 aliphatic carbocycles. The minimum Gasteiger partial charge on any atom is -0.287 e. The summed E-state index contributed by atoms with van der Waals surface area (Å²) in [6, 6.07) is 3.11. The van der Waals surface area contributed by atoms with Gasteiger partial charge in [-0.25, -0.2) is 8.42 Å². The lowest BCUT2D eigenvalue weighted by Gasteiger charge is -1.92. The highest BCUT2D eigenvalue weighted by Crippen LogP contribution is 2.03. The van der Waals surface area contributed by atoms with Crippen molar-refractivity contribution < 1.29 is 8.42 Å². The average molecular weight is 240 g/mol. The van der Waals surface area contributed by atoms with Crippen molar-refractivity contribution in [3.8, 4) is 0 Å². The molecular weight excluding hydrogens is 230 g/mol. The van der Waals surface area contributed by atoms with Gasteiger partial charge in [0, 0.05) is 23.9 Å². The summed E-state index contributed by atoms with van der Waals surface area (Å²) in [5.74, 6) is 3.92. The van der Waals surface area contributed by atoms with Crippen molar-refractivity contribution in [3.63, 3.8) is 0 Å². The van der Waals surface area contributed by atoms with Gasteiger partial charge in [-0.15, -0.1) is 17.3 Å². The van der Waals surface area contributed by atoms with E-state index >= 15 is 0 Å². The lowest BCUT2D eigenvalue weighted by atomic mass is 10.5. The number of halogens is 1. The van der Waals surface area contributed by atoms with E-state index in [0.29, 0.717) is 0 Å². The molecule has 0 unspecified atom stereocenters. The average Bonchev–Trinajstić information content (AvgIpc) is 2.06. The molecule has 80 valence electrons. The van der Waals surface area contributed by atoms with E-state index in [4.69, 9.17) is 4.91 Å². The first-order chi connectivity index (χ1) is 6.02. The van der Waals surface area contributed by atoms with Crippen molar-refractivity contribution in [1.29, 1.82) is 0 Å². The van der Waals surface area contributed by atoms with Gasteiger partial charge in [0.2, 0.25) is 0 Å². The van der Waals surface area contributed by atoms with Crippen LogP contribution in [0.1, 0.15) is 0 Å². The van der Waals surface area contributed by atoms with E-state index in [9.17, 15) is 8.42 Å². The molecule has 2 N–H and O–H groups in total. The number of nitrogens with two attached hydrogens (primary N) is 1. The van der Waals surface area contributed by atoms with Gasteiger partial charge in [0.25, 0.3) is 0 Å². The first kappa shape index (κ1) is 15.3. The molecule has 0 spiro atoms. The molecule has 8 heteroatoms. The SMILES string of the molecule is CS(=O)(=O)c1cccnc1.Cl.NN=O. The minimum absolute atomic E-state index is 0. The van der Waals surface area contributed by atoms with Crippen LogP contribution in [0.5, 0.6) is 0 Å². The Kier molecular flexibility index (Phi) is 7.87. The summed E-state index contributed by atoms with van der Waals surface area (Å²) >= 11 is 0. The summed E-state index contributed by atoms with van der Waals surface area (Å²) in [4.78, 5) is 12.3. The first-order valence-corrected chi connectivity index (χ1v) is 5.04. The van der Waals surface area contributed by atoms with Gasteiger partial charge in [-0.1, -0.05) is 0 Å². The van der Waals surface area contributed by atoms with Gasteiger partial charge in [0.1, 0.15) is 0 Å². The number of aromatic nitrogens is 1. The van der Waals surface area contributed by atoms with Crippen molar-refractivity contribution >= 4 is 22.2 Å². The molecule has 0 aliphatic heterocycles. The fourth-order valence-corrected chi connectivity index (χ4v) is 1.14. The van der Waals surface area contributed by atoms with Crippen molar-refractivity contribution in [2.45, 2.75) is 4.90 Å². The largest absolute Gasteiger partial charge is 0.287 e. The Morgan fingerprint density at radius 1 is 1.50 bits per heavy atom. The van der Waals surface area contributed by atoms with E-state index in [1.165, 1.54) is 18.5 Å². The number of pyridine rings is 1. The molecule has 0 amide bonds. The number of hydrogen-bond acceptors (Lipinski definition) is 5. The molecule has 0 aromatic carbocycles. The second kappa shape index (κ2) is 7.22. The number of hydrogen-bond donors (Lipinski definition) is 1. The summed E-state index contributed by atoms with van der Waals surface area (Å²) < 4.78 is 21.6. The van der Waals surface area contributed by atoms with Crippen molar-refractivity contribution in [3.05, 3.63) is 29.4 Å². The smallest absolute Gasteiger partial charge is 0.177 e. The first-order valence-electron chi connectivity index (χ1n) is 3.15. The summed E-state index contributed by atoms with van der Waals surface area (Å²) in [6.07, 6.45) is 4.02. The van der Waals surface area contributed by atoms with Crippen LogP contribution in [0.15, 0.2) is 34.7 Å². The van der Waals surface area contributed by atoms with Gasteiger partial charge in [-0.2, -0.15) is 0 Å². The van der Waals surface area contributed by atoms with Crippen molar-refractivity contribution in [2.75, 3.05) is 6.26 Å². The molecule has 1 aromatic heterocycles. The molecule has 0 saturated carbocycles. The fraction of sp³-hybridized carbons (Fsp3) is 0.167. The second-order valence-corrected chi connectivity index (χ2v) is 4.08. The highest BCUT2D eigenvalue weighted by Gasteiger charge is 2.03. The van der Waals surface area contributed by atoms with Gasteiger partial charge in [-0.3, -0.25) is 10.8 Å². The molecule has 1 rings (SSSR count). The number of rotatable bonds is 1. The van der Waals surface area contributed by atoms with Crippen LogP contribution in [-0.2, 0) is 9.84 Å². The summed E-state index contributed by atoms with van der Waals surface area (Å²) in [6.45, 7) is 0. The zero-order valence-corrected chi connectivity index (χ0v) is 8.96. The topological polar surface area (TPSA) is 102 Å². The molecular formula is C6H10ClN3O3S. The van der Waals surface area contributed by atoms with Crippen LogP contribution >= 0.6 is 12.4 Å². The van der Waals surface area contributed by atoms with Crippen molar-refractivity contribution in [1.82, 2.24) is 4.98 Å². The summed E-state index contributed by atoms with van der Waals surface area (Å²) in [5, 5.41) is 1.75. The van der Waals surface area contributed by atoms with Crippen LogP contribution in [0.25, 0.3) is 0 Å². The summed E-state index contributed by atoms with van der Waals surface area (Å²) in [7, 11) is -3.07. The van der Waals surface area contributed by atoms with E-state index in [1.54, 1.807) is 11.4 Å². The normalized spacial score (nSPS) is 8.93. The predicted molar refractivity (Wildman–Crippen MR) is 54.6 cm³/mol. The highest BCUT2D eigenvalue weighted by atomic mass is 35.5. The zero-order valence-electron chi connectivity index (χ0n) is 7.32. The molecule has 0 radical (unpaired) electrons. The third-order valence-corrected chi connectivity index (χ3v) is 2.16. The van der Waals surface area contributed by atoms with Gasteiger partial charge >= 0.3 is 0 Å². The van der Waals surface area contributed by atoms with E-state index in [2.05, 4.69) is 10.8 Å². The molecule has 0 aliphatic rings. The number of nitroso groups, excluding NO2 is 1. The van der Waals surface area contributed by atoms with Crippen LogP contribution < -0.4 is 5.84 Å². The predicted octanol–water partition coefficient (Wildman–Crippen LogP) is 0.533. The molecule has 14 heavy (non-hydrogen) atoms. The molecule has 0 fully saturated rings. The second-order valence-electron chi connectivity index (χ2n) is 2.07. The summed E-state index contributed by atoms with van der Waals surface area (Å²) in [5.41, 5.74) is 0. The Bertz CT molecular complexity index is 354. The quantitative estimate of drug-likeness (QED) is 0.438. The third-order valence-electron chi connectivity index (χ3n) is 1.06. The lowest BCUT2D eigenvalue weighted by Crippen LogP contribution is -1.96. The minimum atomic E-state index is -3.07. The standard InChI is InChI=1S/C6H7NO2S.ClH.H2N2O/c1-10(8,9)6-3-2-4-7-5-6;;1-2-3/h2-5H,1H3;1H;(H2,1,3). The highest BCUT2D eigenvalue weighted by molar-refractivity contribution is 7.90. The van der Waals surface area contributed by atoms with Gasteiger partial charge in [0.05, 0.1) is 4.90 Å². The van der Waals surface area contributed by atoms with Crippen LogP contribution in [0.2, 0.25) is 0 Å². The number of sulfone groups is 1.